The van der Waals surface area contributed by atoms with Gasteiger partial charge in [0.25, 0.3) is 5.91 Å². The predicted molar refractivity (Wildman–Crippen MR) is 107 cm³/mol. The van der Waals surface area contributed by atoms with Gasteiger partial charge in [-0.15, -0.1) is 0 Å². The van der Waals surface area contributed by atoms with Crippen LogP contribution in [0, 0.1) is 0 Å². The molecule has 0 saturated carbocycles. The average Bonchev–Trinajstić information content (AvgIpc) is 3.41. The lowest BCUT2D eigenvalue weighted by Crippen LogP contribution is -2.31. The van der Waals surface area contributed by atoms with E-state index in [1.807, 2.05) is 16.8 Å². The molecule has 0 unspecified atom stereocenters. The van der Waals surface area contributed by atoms with Crippen molar-refractivity contribution in [3.05, 3.63) is 42.4 Å². The summed E-state index contributed by atoms with van der Waals surface area (Å²) in [6, 6.07) is 7.23. The Morgan fingerprint density at radius 1 is 1.28 bits per heavy atom. The van der Waals surface area contributed by atoms with Crippen LogP contribution in [0.4, 0.5) is 0 Å². The molecule has 29 heavy (non-hydrogen) atoms. The molecule has 152 valence electrons. The number of carbonyl (C=O) groups excluding carboxylic acids is 1. The molecule has 9 nitrogen and oxygen atoms in total. The van der Waals surface area contributed by atoms with E-state index in [0.717, 1.165) is 36.4 Å². The number of hydrogen-bond donors (Lipinski definition) is 2. The number of benzene rings is 1. The van der Waals surface area contributed by atoms with Gasteiger partial charge in [-0.3, -0.25) is 4.79 Å². The second-order valence-corrected chi connectivity index (χ2v) is 6.82. The van der Waals surface area contributed by atoms with E-state index in [0.29, 0.717) is 30.5 Å². The van der Waals surface area contributed by atoms with E-state index in [-0.39, 0.29) is 12.5 Å². The number of rotatable bonds is 8. The van der Waals surface area contributed by atoms with E-state index in [1.54, 1.807) is 31.6 Å². The summed E-state index contributed by atoms with van der Waals surface area (Å²) in [5.74, 6) is 1.27. The first-order valence-corrected chi connectivity index (χ1v) is 9.67. The van der Waals surface area contributed by atoms with Crippen LogP contribution in [0.3, 0.4) is 0 Å². The lowest BCUT2D eigenvalue weighted by molar-refractivity contribution is -0.123. The molecule has 2 aromatic heterocycles. The van der Waals surface area contributed by atoms with Gasteiger partial charge >= 0.3 is 0 Å². The highest BCUT2D eigenvalue weighted by Gasteiger charge is 2.24. The van der Waals surface area contributed by atoms with Crippen molar-refractivity contribution in [2.75, 3.05) is 33.4 Å². The maximum atomic E-state index is 12.1. The molecule has 1 aliphatic rings. The Balaban J connectivity index is 1.34. The largest absolute Gasteiger partial charge is 0.493 e. The quantitative estimate of drug-likeness (QED) is 0.588. The molecule has 0 bridgehead atoms. The summed E-state index contributed by atoms with van der Waals surface area (Å²) in [5.41, 5.74) is 2.56. The molecule has 3 aromatic rings. The first kappa shape index (κ1) is 19.1. The van der Waals surface area contributed by atoms with Gasteiger partial charge in [0.1, 0.15) is 5.52 Å². The maximum absolute atomic E-state index is 12.1. The standard InChI is InChI=1S/C20H24N6O3/c1-28-15-4-2-3-5-16(15)29-13-17(27)22-10-11-26-20-19(23-8-9-24-20)18(25-26)14-6-7-21-12-14/h2-5,8-9,14,21H,6-7,10-13H2,1H3,(H,22,27)/t14-/m1/s1. The van der Waals surface area contributed by atoms with Crippen LogP contribution in [0.5, 0.6) is 11.5 Å². The molecule has 0 spiro atoms. The van der Waals surface area contributed by atoms with Crippen LogP contribution < -0.4 is 20.1 Å². The zero-order valence-corrected chi connectivity index (χ0v) is 16.3. The van der Waals surface area contributed by atoms with Gasteiger partial charge < -0.3 is 20.1 Å². The van der Waals surface area contributed by atoms with E-state index < -0.39 is 0 Å². The molecule has 0 radical (unpaired) electrons. The van der Waals surface area contributed by atoms with Gasteiger partial charge in [-0.25, -0.2) is 14.6 Å². The van der Waals surface area contributed by atoms with Crippen LogP contribution in [0.15, 0.2) is 36.7 Å². The normalized spacial score (nSPS) is 16.1. The highest BCUT2D eigenvalue weighted by Crippen LogP contribution is 2.27. The number of carbonyl (C=O) groups is 1. The molecular formula is C20H24N6O3. The number of aromatic nitrogens is 4. The Kier molecular flexibility index (Phi) is 5.85. The Labute approximate surface area is 168 Å². The van der Waals surface area contributed by atoms with Crippen molar-refractivity contribution in [1.29, 1.82) is 0 Å². The van der Waals surface area contributed by atoms with Gasteiger partial charge in [-0.1, -0.05) is 12.1 Å². The van der Waals surface area contributed by atoms with Crippen molar-refractivity contribution in [3.8, 4) is 11.5 Å². The summed E-state index contributed by atoms with van der Waals surface area (Å²) in [5, 5.41) is 11.0. The molecule has 1 aromatic carbocycles. The smallest absolute Gasteiger partial charge is 0.258 e. The predicted octanol–water partition coefficient (Wildman–Crippen LogP) is 1.11. The third kappa shape index (κ3) is 4.29. The zero-order chi connectivity index (χ0) is 20.1. The lowest BCUT2D eigenvalue weighted by Gasteiger charge is -2.10. The minimum Gasteiger partial charge on any atom is -0.493 e. The first-order valence-electron chi connectivity index (χ1n) is 9.67. The maximum Gasteiger partial charge on any atom is 0.258 e. The molecular weight excluding hydrogens is 372 g/mol. The van der Waals surface area contributed by atoms with Crippen LogP contribution >= 0.6 is 0 Å². The molecule has 3 heterocycles. The molecule has 9 heteroatoms. The van der Waals surface area contributed by atoms with Crippen LogP contribution in [0.25, 0.3) is 11.2 Å². The highest BCUT2D eigenvalue weighted by molar-refractivity contribution is 5.77. The fraction of sp³-hybridized carbons (Fsp3) is 0.400. The minimum absolute atomic E-state index is 0.0843. The number of amides is 1. The summed E-state index contributed by atoms with van der Waals surface area (Å²) in [4.78, 5) is 21.0. The van der Waals surface area contributed by atoms with Gasteiger partial charge in [-0.05, 0) is 25.1 Å². The number of nitrogens with zero attached hydrogens (tertiary/aromatic N) is 4. The minimum atomic E-state index is -0.210. The summed E-state index contributed by atoms with van der Waals surface area (Å²) < 4.78 is 12.6. The number of nitrogens with one attached hydrogen (secondary N) is 2. The molecule has 2 N–H and O–H groups in total. The molecule has 1 atom stereocenters. The Morgan fingerprint density at radius 3 is 2.90 bits per heavy atom. The van der Waals surface area contributed by atoms with E-state index in [1.165, 1.54) is 0 Å². The van der Waals surface area contributed by atoms with Gasteiger partial charge in [-0.2, -0.15) is 5.10 Å². The number of fused-ring (bicyclic) bond motifs is 1. The third-order valence-corrected chi connectivity index (χ3v) is 4.92. The number of methoxy groups -OCH3 is 1. The van der Waals surface area contributed by atoms with Gasteiger partial charge in [0.05, 0.1) is 19.3 Å². The van der Waals surface area contributed by atoms with Crippen molar-refractivity contribution in [2.45, 2.75) is 18.9 Å². The van der Waals surface area contributed by atoms with Crippen LogP contribution in [0.1, 0.15) is 18.0 Å². The van der Waals surface area contributed by atoms with Gasteiger partial charge in [0, 0.05) is 31.4 Å². The monoisotopic (exact) mass is 396 g/mol. The van der Waals surface area contributed by atoms with Crippen molar-refractivity contribution in [2.24, 2.45) is 0 Å². The molecule has 1 fully saturated rings. The second kappa shape index (κ2) is 8.87. The van der Waals surface area contributed by atoms with E-state index in [4.69, 9.17) is 14.6 Å². The third-order valence-electron chi connectivity index (χ3n) is 4.92. The molecule has 1 saturated heterocycles. The molecule has 1 aliphatic heterocycles. The SMILES string of the molecule is COc1ccccc1OCC(=O)NCCn1nc([C@@H]2CCNC2)c2nccnc21. The van der Waals surface area contributed by atoms with Crippen LogP contribution in [-0.2, 0) is 11.3 Å². The van der Waals surface area contributed by atoms with Crippen molar-refractivity contribution >= 4 is 17.1 Å². The molecule has 4 rings (SSSR count). The van der Waals surface area contributed by atoms with Crippen LogP contribution in [0.2, 0.25) is 0 Å². The first-order chi connectivity index (χ1) is 14.3. The van der Waals surface area contributed by atoms with Gasteiger partial charge in [0.15, 0.2) is 23.8 Å². The summed E-state index contributed by atoms with van der Waals surface area (Å²) >= 11 is 0. The fourth-order valence-electron chi connectivity index (χ4n) is 3.48. The lowest BCUT2D eigenvalue weighted by atomic mass is 10.0. The summed E-state index contributed by atoms with van der Waals surface area (Å²) in [6.07, 6.45) is 4.40. The van der Waals surface area contributed by atoms with Gasteiger partial charge in [0.2, 0.25) is 0 Å². The number of para-hydroxylation sites is 2. The Morgan fingerprint density at radius 2 is 2.10 bits per heavy atom. The number of ether oxygens (including phenoxy) is 2. The number of hydrogen-bond acceptors (Lipinski definition) is 7. The van der Waals surface area contributed by atoms with Crippen molar-refractivity contribution in [3.63, 3.8) is 0 Å². The van der Waals surface area contributed by atoms with Crippen LogP contribution in [-0.4, -0.2) is 59.0 Å². The van der Waals surface area contributed by atoms with E-state index >= 15 is 0 Å². The molecule has 1 amide bonds. The fourth-order valence-corrected chi connectivity index (χ4v) is 3.48. The second-order valence-electron chi connectivity index (χ2n) is 6.82. The van der Waals surface area contributed by atoms with E-state index in [9.17, 15) is 4.79 Å². The topological polar surface area (TPSA) is 103 Å². The average molecular weight is 396 g/mol. The van der Waals surface area contributed by atoms with E-state index in [2.05, 4.69) is 20.6 Å². The zero-order valence-electron chi connectivity index (χ0n) is 16.3. The van der Waals surface area contributed by atoms with Crippen molar-refractivity contribution in [1.82, 2.24) is 30.4 Å². The Hall–Kier alpha value is -3.20. The molecule has 0 aliphatic carbocycles. The Bertz CT molecular complexity index is 983. The summed E-state index contributed by atoms with van der Waals surface area (Å²) in [7, 11) is 1.56. The van der Waals surface area contributed by atoms with Crippen molar-refractivity contribution < 1.29 is 14.3 Å². The summed E-state index contributed by atoms with van der Waals surface area (Å²) in [6.45, 7) is 2.74. The highest BCUT2D eigenvalue weighted by atomic mass is 16.5.